The van der Waals surface area contributed by atoms with Crippen LogP contribution in [0.3, 0.4) is 0 Å². The van der Waals surface area contributed by atoms with Crippen molar-refractivity contribution in [3.63, 3.8) is 0 Å². The van der Waals surface area contributed by atoms with Crippen molar-refractivity contribution in [2.45, 2.75) is 51.8 Å². The van der Waals surface area contributed by atoms with E-state index in [2.05, 4.69) is 25.8 Å². The maximum Gasteiger partial charge on any atom is 0.336 e. The molecule has 0 radical (unpaired) electrons. The first-order valence-electron chi connectivity index (χ1n) is 8.96. The summed E-state index contributed by atoms with van der Waals surface area (Å²) in [5, 5.41) is 1.44. The minimum Gasteiger partial charge on any atom is -0.497 e. The summed E-state index contributed by atoms with van der Waals surface area (Å²) in [6, 6.07) is 7.20. The molecule has 0 fully saturated rings. The summed E-state index contributed by atoms with van der Waals surface area (Å²) >= 11 is 1.45. The third kappa shape index (κ3) is 6.09. The van der Waals surface area contributed by atoms with Crippen molar-refractivity contribution in [2.75, 3.05) is 7.11 Å². The lowest BCUT2D eigenvalue weighted by Gasteiger charge is -2.10. The predicted molar refractivity (Wildman–Crippen MR) is 110 cm³/mol. The molecule has 0 saturated carbocycles. The highest BCUT2D eigenvalue weighted by atomic mass is 32.2. The molecule has 0 amide bonds. The average molecular weight is 377 g/mol. The Morgan fingerprint density at radius 3 is 2.73 bits per heavy atom. The van der Waals surface area contributed by atoms with Crippen molar-refractivity contribution >= 4 is 27.9 Å². The number of thioether (sulfide) groups is 1. The summed E-state index contributed by atoms with van der Waals surface area (Å²) in [6.45, 7) is 6.55. The molecule has 142 valence electrons. The van der Waals surface area contributed by atoms with E-state index < -0.39 is 0 Å². The van der Waals surface area contributed by atoms with Gasteiger partial charge < -0.3 is 14.9 Å². The SMILES string of the molecule is COc1ccc2c(CSC(N)=N[C@H](C)CCCC(C)C)cc(=O)oc2c1. The maximum absolute atomic E-state index is 11.8. The second-order valence-corrected chi connectivity index (χ2v) is 7.88. The Morgan fingerprint density at radius 2 is 2.04 bits per heavy atom. The molecule has 5 nitrogen and oxygen atoms in total. The normalized spacial score (nSPS) is 13.3. The van der Waals surface area contributed by atoms with Gasteiger partial charge in [0.2, 0.25) is 0 Å². The number of hydrogen-bond donors (Lipinski definition) is 1. The maximum atomic E-state index is 11.8. The number of amidine groups is 1. The first-order chi connectivity index (χ1) is 12.4. The molecular formula is C20H28N2O3S. The Labute approximate surface area is 159 Å². The van der Waals surface area contributed by atoms with Crippen molar-refractivity contribution in [3.05, 3.63) is 40.2 Å². The fourth-order valence-electron chi connectivity index (χ4n) is 2.75. The Kier molecular flexibility index (Phi) is 7.57. The summed E-state index contributed by atoms with van der Waals surface area (Å²) in [4.78, 5) is 16.4. The Balaban J connectivity index is 2.04. The second kappa shape index (κ2) is 9.67. The molecule has 2 rings (SSSR count). The minimum absolute atomic E-state index is 0.211. The van der Waals surface area contributed by atoms with Gasteiger partial charge in [-0.05, 0) is 37.0 Å². The van der Waals surface area contributed by atoms with E-state index in [1.165, 1.54) is 24.2 Å². The molecular weight excluding hydrogens is 348 g/mol. The predicted octanol–water partition coefficient (Wildman–Crippen LogP) is 4.56. The molecule has 0 saturated heterocycles. The molecule has 0 aliphatic rings. The summed E-state index contributed by atoms with van der Waals surface area (Å²) in [6.07, 6.45) is 3.41. The van der Waals surface area contributed by atoms with Gasteiger partial charge in [0, 0.05) is 29.3 Å². The van der Waals surface area contributed by atoms with E-state index in [-0.39, 0.29) is 11.7 Å². The molecule has 2 aromatic rings. The van der Waals surface area contributed by atoms with E-state index in [4.69, 9.17) is 14.9 Å². The number of methoxy groups -OCH3 is 1. The molecule has 26 heavy (non-hydrogen) atoms. The van der Waals surface area contributed by atoms with Crippen LogP contribution in [0.25, 0.3) is 11.0 Å². The van der Waals surface area contributed by atoms with Crippen LogP contribution in [0.4, 0.5) is 0 Å². The number of nitrogens with two attached hydrogens (primary N) is 1. The van der Waals surface area contributed by atoms with Gasteiger partial charge in [0.05, 0.1) is 7.11 Å². The first kappa shape index (κ1) is 20.4. The molecule has 0 unspecified atom stereocenters. The molecule has 0 bridgehead atoms. The van der Waals surface area contributed by atoms with E-state index in [9.17, 15) is 4.79 Å². The number of aliphatic imine (C=N–C) groups is 1. The first-order valence-corrected chi connectivity index (χ1v) is 9.94. The van der Waals surface area contributed by atoms with Crippen LogP contribution in [0.1, 0.15) is 45.6 Å². The highest BCUT2D eigenvalue weighted by Crippen LogP contribution is 2.25. The lowest BCUT2D eigenvalue weighted by molar-refractivity contribution is 0.414. The van der Waals surface area contributed by atoms with Crippen LogP contribution in [0.5, 0.6) is 5.75 Å². The topological polar surface area (TPSA) is 77.8 Å². The molecule has 1 aromatic carbocycles. The molecule has 0 aliphatic heterocycles. The second-order valence-electron chi connectivity index (χ2n) is 6.88. The van der Waals surface area contributed by atoms with Crippen molar-refractivity contribution in [3.8, 4) is 5.75 Å². The third-order valence-electron chi connectivity index (χ3n) is 4.16. The van der Waals surface area contributed by atoms with E-state index in [0.29, 0.717) is 22.3 Å². The van der Waals surface area contributed by atoms with Gasteiger partial charge in [-0.3, -0.25) is 4.99 Å². The fraction of sp³-hybridized carbons (Fsp3) is 0.500. The lowest BCUT2D eigenvalue weighted by Crippen LogP contribution is -2.12. The summed E-state index contributed by atoms with van der Waals surface area (Å²) < 4.78 is 10.5. The van der Waals surface area contributed by atoms with E-state index in [1.807, 2.05) is 12.1 Å². The number of ether oxygens (including phenoxy) is 1. The standard InChI is InChI=1S/C20H28N2O3S/c1-13(2)6-5-7-14(3)22-20(21)26-12-15-10-19(23)25-18-11-16(24-4)8-9-17(15)18/h8-11,13-14H,5-7,12H2,1-4H3,(H2,21,22)/t14-/m1/s1. The molecule has 1 aromatic heterocycles. The van der Waals surface area contributed by atoms with Crippen LogP contribution in [0.2, 0.25) is 0 Å². The van der Waals surface area contributed by atoms with Gasteiger partial charge in [0.25, 0.3) is 0 Å². The van der Waals surface area contributed by atoms with Crippen LogP contribution >= 0.6 is 11.8 Å². The van der Waals surface area contributed by atoms with Gasteiger partial charge in [0.1, 0.15) is 11.3 Å². The third-order valence-corrected chi connectivity index (χ3v) is 5.02. The van der Waals surface area contributed by atoms with E-state index in [0.717, 1.165) is 29.7 Å². The van der Waals surface area contributed by atoms with Gasteiger partial charge in [-0.2, -0.15) is 0 Å². The number of nitrogens with zero attached hydrogens (tertiary/aromatic N) is 1. The number of benzene rings is 1. The van der Waals surface area contributed by atoms with Crippen LogP contribution in [0, 0.1) is 5.92 Å². The Hall–Kier alpha value is -1.95. The zero-order valence-corrected chi connectivity index (χ0v) is 16.8. The van der Waals surface area contributed by atoms with Gasteiger partial charge in [-0.15, -0.1) is 0 Å². The number of rotatable bonds is 8. The van der Waals surface area contributed by atoms with Crippen molar-refractivity contribution in [1.82, 2.24) is 0 Å². The van der Waals surface area contributed by atoms with Crippen molar-refractivity contribution < 1.29 is 9.15 Å². The number of hydrogen-bond acceptors (Lipinski definition) is 5. The van der Waals surface area contributed by atoms with E-state index >= 15 is 0 Å². The Bertz CT molecular complexity index is 814. The average Bonchev–Trinajstić information content (AvgIpc) is 2.58. The summed E-state index contributed by atoms with van der Waals surface area (Å²) in [5.74, 6) is 1.94. The monoisotopic (exact) mass is 376 g/mol. The minimum atomic E-state index is -0.376. The van der Waals surface area contributed by atoms with Gasteiger partial charge >= 0.3 is 5.63 Å². The summed E-state index contributed by atoms with van der Waals surface area (Å²) in [7, 11) is 1.58. The van der Waals surface area contributed by atoms with Crippen molar-refractivity contribution in [2.24, 2.45) is 16.6 Å². The fourth-order valence-corrected chi connectivity index (χ4v) is 3.55. The molecule has 1 heterocycles. The molecule has 0 spiro atoms. The largest absolute Gasteiger partial charge is 0.497 e. The molecule has 0 aliphatic carbocycles. The van der Waals surface area contributed by atoms with Gasteiger partial charge in [-0.25, -0.2) is 4.79 Å². The Morgan fingerprint density at radius 1 is 1.27 bits per heavy atom. The van der Waals surface area contributed by atoms with E-state index in [1.54, 1.807) is 13.2 Å². The highest BCUT2D eigenvalue weighted by molar-refractivity contribution is 8.13. The van der Waals surface area contributed by atoms with Crippen LogP contribution in [0.15, 0.2) is 38.5 Å². The summed E-state index contributed by atoms with van der Waals surface area (Å²) in [5.41, 5.74) is 7.10. The highest BCUT2D eigenvalue weighted by Gasteiger charge is 2.09. The smallest absolute Gasteiger partial charge is 0.336 e. The molecule has 1 atom stereocenters. The quantitative estimate of drug-likeness (QED) is 0.415. The van der Waals surface area contributed by atoms with Crippen molar-refractivity contribution in [1.29, 1.82) is 0 Å². The zero-order valence-electron chi connectivity index (χ0n) is 16.0. The zero-order chi connectivity index (χ0) is 19.1. The lowest BCUT2D eigenvalue weighted by atomic mass is 10.0. The van der Waals surface area contributed by atoms with Gasteiger partial charge in [-0.1, -0.05) is 38.5 Å². The van der Waals surface area contributed by atoms with Gasteiger partial charge in [0.15, 0.2) is 5.17 Å². The molecule has 2 N–H and O–H groups in total. The van der Waals surface area contributed by atoms with Crippen LogP contribution in [-0.2, 0) is 5.75 Å². The number of fused-ring (bicyclic) bond motifs is 1. The molecule has 6 heteroatoms. The van der Waals surface area contributed by atoms with Crippen LogP contribution in [-0.4, -0.2) is 18.3 Å². The van der Waals surface area contributed by atoms with Crippen LogP contribution < -0.4 is 16.1 Å².